The van der Waals surface area contributed by atoms with Gasteiger partial charge in [-0.3, -0.25) is 4.57 Å². The Morgan fingerprint density at radius 3 is 2.89 bits per heavy atom. The number of nitrogens with two attached hydrogens (primary N) is 1. The molecular formula is C11H16FN3O4. The van der Waals surface area contributed by atoms with Crippen LogP contribution in [0.4, 0.5) is 10.2 Å². The van der Waals surface area contributed by atoms with E-state index >= 15 is 0 Å². The van der Waals surface area contributed by atoms with E-state index in [1.807, 2.05) is 0 Å². The maximum Gasteiger partial charge on any atom is 0.351 e. The van der Waals surface area contributed by atoms with E-state index in [2.05, 4.69) is 11.6 Å². The molecule has 0 radical (unpaired) electrons. The minimum Gasteiger partial charge on any atom is -0.393 e. The third kappa shape index (κ3) is 3.37. The van der Waals surface area contributed by atoms with Crippen LogP contribution in [0, 0.1) is 0 Å². The highest BCUT2D eigenvalue weighted by atomic mass is 19.1. The Hall–Kier alpha value is -1.77. The number of anilines is 1. The van der Waals surface area contributed by atoms with E-state index in [1.165, 1.54) is 12.3 Å². The molecule has 0 aromatic carbocycles. The molecule has 0 aliphatic heterocycles. The van der Waals surface area contributed by atoms with Crippen LogP contribution in [0.2, 0.25) is 0 Å². The van der Waals surface area contributed by atoms with E-state index in [0.717, 1.165) is 10.6 Å². The van der Waals surface area contributed by atoms with E-state index in [-0.39, 0.29) is 12.5 Å². The van der Waals surface area contributed by atoms with Crippen molar-refractivity contribution in [3.63, 3.8) is 0 Å². The van der Waals surface area contributed by atoms with Crippen LogP contribution in [-0.2, 0) is 11.5 Å². The van der Waals surface area contributed by atoms with Gasteiger partial charge in [0.2, 0.25) is 0 Å². The summed E-state index contributed by atoms with van der Waals surface area (Å²) in [6.45, 7) is 1.24. The third-order valence-corrected chi connectivity index (χ3v) is 2.67. The molecule has 0 bridgehead atoms. The fourth-order valence-corrected chi connectivity index (χ4v) is 1.37. The summed E-state index contributed by atoms with van der Waals surface area (Å²) in [5, 5.41) is 18.7. The van der Waals surface area contributed by atoms with Crippen molar-refractivity contribution >= 4 is 5.82 Å². The second-order valence-corrected chi connectivity index (χ2v) is 3.87. The van der Waals surface area contributed by atoms with Crippen molar-refractivity contribution in [2.45, 2.75) is 18.4 Å². The van der Waals surface area contributed by atoms with Gasteiger partial charge in [0, 0.05) is 6.20 Å². The Bertz CT molecular complexity index is 493. The molecule has 0 saturated carbocycles. The van der Waals surface area contributed by atoms with Crippen molar-refractivity contribution in [1.29, 1.82) is 0 Å². The van der Waals surface area contributed by atoms with Gasteiger partial charge < -0.3 is 20.7 Å². The molecule has 106 valence electrons. The van der Waals surface area contributed by atoms with E-state index in [4.69, 9.17) is 10.5 Å². The van der Waals surface area contributed by atoms with Gasteiger partial charge in [-0.2, -0.15) is 4.98 Å². The highest BCUT2D eigenvalue weighted by Crippen LogP contribution is 2.18. The average Bonchev–Trinajstić information content (AvgIpc) is 2.41. The first kappa shape index (κ1) is 15.3. The number of aliphatic hydroxyl groups excluding tert-OH is 2. The molecule has 1 aromatic rings. The first-order chi connectivity index (χ1) is 8.99. The van der Waals surface area contributed by atoms with Gasteiger partial charge in [-0.05, 0) is 6.07 Å². The second-order valence-electron chi connectivity index (χ2n) is 3.87. The van der Waals surface area contributed by atoms with E-state index in [1.54, 1.807) is 0 Å². The molecule has 0 unspecified atom stereocenters. The lowest BCUT2D eigenvalue weighted by molar-refractivity contribution is -0.144. The lowest BCUT2D eigenvalue weighted by Gasteiger charge is -2.32. The number of nitrogen functional groups attached to an aromatic ring is 1. The molecule has 0 aliphatic carbocycles. The van der Waals surface area contributed by atoms with E-state index in [0.29, 0.717) is 0 Å². The maximum atomic E-state index is 12.5. The molecule has 4 N–H and O–H groups in total. The normalized spacial score (nSPS) is 15.7. The maximum absolute atomic E-state index is 12.5. The standard InChI is InChI=1S/C11H16FN3O4/c1-2-11(6-16,8(17)5-12)19-7-15-4-3-9(13)14-10(15)18/h2-4,8,16-17H,1,5-7H2,(H2,13,14,18)/t8-,11+/m0/s1. The summed E-state index contributed by atoms with van der Waals surface area (Å²) in [6.07, 6.45) is 0.831. The van der Waals surface area contributed by atoms with Crippen molar-refractivity contribution in [3.05, 3.63) is 35.4 Å². The molecule has 0 saturated heterocycles. The van der Waals surface area contributed by atoms with Crippen LogP contribution in [0.3, 0.4) is 0 Å². The summed E-state index contributed by atoms with van der Waals surface area (Å²) in [6, 6.07) is 1.38. The van der Waals surface area contributed by atoms with Crippen molar-refractivity contribution in [2.24, 2.45) is 0 Å². The van der Waals surface area contributed by atoms with Crippen molar-refractivity contribution in [3.8, 4) is 0 Å². The predicted molar refractivity (Wildman–Crippen MR) is 66.0 cm³/mol. The van der Waals surface area contributed by atoms with Gasteiger partial charge in [-0.25, -0.2) is 9.18 Å². The van der Waals surface area contributed by atoms with Gasteiger partial charge in [-0.1, -0.05) is 6.08 Å². The highest BCUT2D eigenvalue weighted by molar-refractivity contribution is 5.23. The molecule has 1 heterocycles. The highest BCUT2D eigenvalue weighted by Gasteiger charge is 2.36. The van der Waals surface area contributed by atoms with Crippen LogP contribution in [0.15, 0.2) is 29.7 Å². The van der Waals surface area contributed by atoms with Crippen LogP contribution in [0.1, 0.15) is 0 Å². The summed E-state index contributed by atoms with van der Waals surface area (Å²) in [7, 11) is 0. The predicted octanol–water partition coefficient (Wildman–Crippen LogP) is -0.953. The van der Waals surface area contributed by atoms with Gasteiger partial charge in [0.05, 0.1) is 6.61 Å². The Kier molecular flexibility index (Phi) is 5.16. The van der Waals surface area contributed by atoms with Crippen LogP contribution < -0.4 is 11.4 Å². The molecule has 0 fully saturated rings. The van der Waals surface area contributed by atoms with Crippen molar-refractivity contribution in [2.75, 3.05) is 19.0 Å². The summed E-state index contributed by atoms with van der Waals surface area (Å²) in [4.78, 5) is 14.9. The lowest BCUT2D eigenvalue weighted by Crippen LogP contribution is -2.48. The van der Waals surface area contributed by atoms with Crippen molar-refractivity contribution < 1.29 is 19.3 Å². The number of rotatable bonds is 7. The quantitative estimate of drug-likeness (QED) is 0.552. The van der Waals surface area contributed by atoms with Gasteiger partial charge >= 0.3 is 5.69 Å². The molecule has 1 rings (SSSR count). The number of halogens is 1. The van der Waals surface area contributed by atoms with Crippen LogP contribution in [0.5, 0.6) is 0 Å². The SMILES string of the molecule is C=C[C@](CO)(OCn1ccc(N)nc1=O)[C@@H](O)CF. The number of nitrogens with zero attached hydrogens (tertiary/aromatic N) is 2. The zero-order valence-electron chi connectivity index (χ0n) is 10.2. The molecule has 0 spiro atoms. The number of aromatic nitrogens is 2. The first-order valence-electron chi connectivity index (χ1n) is 5.44. The molecule has 0 amide bonds. The van der Waals surface area contributed by atoms with E-state index < -0.39 is 30.7 Å². The monoisotopic (exact) mass is 273 g/mol. The van der Waals surface area contributed by atoms with Gasteiger partial charge in [0.15, 0.2) is 0 Å². The smallest absolute Gasteiger partial charge is 0.351 e. The fourth-order valence-electron chi connectivity index (χ4n) is 1.37. The Balaban J connectivity index is 2.88. The lowest BCUT2D eigenvalue weighted by atomic mass is 9.98. The zero-order chi connectivity index (χ0) is 14.5. The molecule has 8 heteroatoms. The second kappa shape index (κ2) is 6.41. The zero-order valence-corrected chi connectivity index (χ0v) is 10.2. The van der Waals surface area contributed by atoms with Gasteiger partial charge in [-0.15, -0.1) is 6.58 Å². The van der Waals surface area contributed by atoms with Crippen LogP contribution in [-0.4, -0.2) is 44.8 Å². The molecule has 0 aliphatic rings. The molecule has 19 heavy (non-hydrogen) atoms. The van der Waals surface area contributed by atoms with Crippen LogP contribution in [0.25, 0.3) is 0 Å². The summed E-state index contributed by atoms with van der Waals surface area (Å²) in [5.74, 6) is 0.0576. The van der Waals surface area contributed by atoms with E-state index in [9.17, 15) is 19.4 Å². The largest absolute Gasteiger partial charge is 0.393 e. The van der Waals surface area contributed by atoms with Gasteiger partial charge in [0.1, 0.15) is 30.9 Å². The number of hydrogen-bond donors (Lipinski definition) is 3. The van der Waals surface area contributed by atoms with Crippen LogP contribution >= 0.6 is 0 Å². The molecule has 7 nitrogen and oxygen atoms in total. The number of ether oxygens (including phenoxy) is 1. The Labute approximate surface area is 108 Å². The Morgan fingerprint density at radius 1 is 1.74 bits per heavy atom. The minimum absolute atomic E-state index is 0.0576. The number of alkyl halides is 1. The molecule has 2 atom stereocenters. The summed E-state index contributed by atoms with van der Waals surface area (Å²) in [5.41, 5.74) is 2.97. The third-order valence-electron chi connectivity index (χ3n) is 2.67. The number of aliphatic hydroxyl groups is 2. The topological polar surface area (TPSA) is 111 Å². The number of hydrogen-bond acceptors (Lipinski definition) is 6. The molecule has 1 aromatic heterocycles. The minimum atomic E-state index is -1.68. The summed E-state index contributed by atoms with van der Waals surface area (Å²) >= 11 is 0. The Morgan fingerprint density at radius 2 is 2.42 bits per heavy atom. The van der Waals surface area contributed by atoms with Gasteiger partial charge in [0.25, 0.3) is 0 Å². The fraction of sp³-hybridized carbons (Fsp3) is 0.455. The average molecular weight is 273 g/mol. The van der Waals surface area contributed by atoms with Crippen molar-refractivity contribution in [1.82, 2.24) is 9.55 Å². The summed E-state index contributed by atoms with van der Waals surface area (Å²) < 4.78 is 18.8. The first-order valence-corrected chi connectivity index (χ1v) is 5.44. The molecular weight excluding hydrogens is 257 g/mol.